The molecule has 60 valence electrons. The summed E-state index contributed by atoms with van der Waals surface area (Å²) in [6.45, 7) is 8.28. The molecule has 1 heteroatoms. The Hall–Kier alpha value is -0.0400. The molecule has 0 bridgehead atoms. The molecular weight excluding hydrogens is 122 g/mol. The summed E-state index contributed by atoms with van der Waals surface area (Å²) < 4.78 is 0. The number of hydrogen-bond donors (Lipinski definition) is 0. The molecule has 1 rings (SSSR count). The molecule has 1 nitrogen and oxygen atoms in total. The van der Waals surface area contributed by atoms with Crippen LogP contribution in [0.1, 0.15) is 27.2 Å². The van der Waals surface area contributed by atoms with Gasteiger partial charge >= 0.3 is 0 Å². The molecule has 1 heterocycles. The highest BCUT2D eigenvalue weighted by molar-refractivity contribution is 4.82. The van der Waals surface area contributed by atoms with E-state index in [1.807, 2.05) is 0 Å². The van der Waals surface area contributed by atoms with Gasteiger partial charge in [0.15, 0.2) is 0 Å². The lowest BCUT2D eigenvalue weighted by atomic mass is 9.99. The largest absolute Gasteiger partial charge is 0.303 e. The summed E-state index contributed by atoms with van der Waals surface area (Å²) in [6, 6.07) is 0.843. The van der Waals surface area contributed by atoms with Gasteiger partial charge in [0.25, 0.3) is 0 Å². The maximum absolute atomic E-state index is 2.50. The average Bonchev–Trinajstić information content (AvgIpc) is 2.10. The highest BCUT2D eigenvalue weighted by atomic mass is 15.2. The Morgan fingerprint density at radius 3 is 2.20 bits per heavy atom. The normalized spacial score (nSPS) is 35.7. The van der Waals surface area contributed by atoms with Crippen molar-refractivity contribution in [2.45, 2.75) is 33.2 Å². The molecule has 0 radical (unpaired) electrons. The van der Waals surface area contributed by atoms with Crippen molar-refractivity contribution >= 4 is 0 Å². The zero-order chi connectivity index (χ0) is 7.72. The monoisotopic (exact) mass is 141 g/mol. The van der Waals surface area contributed by atoms with Crippen molar-refractivity contribution in [2.75, 3.05) is 13.6 Å². The van der Waals surface area contributed by atoms with E-state index in [4.69, 9.17) is 0 Å². The van der Waals surface area contributed by atoms with E-state index in [0.717, 1.165) is 17.9 Å². The summed E-state index contributed by atoms with van der Waals surface area (Å²) in [5, 5.41) is 0. The van der Waals surface area contributed by atoms with Crippen LogP contribution in [0.3, 0.4) is 0 Å². The second kappa shape index (κ2) is 2.91. The summed E-state index contributed by atoms with van der Waals surface area (Å²) in [6.07, 6.45) is 1.40. The second-order valence-corrected chi connectivity index (χ2v) is 4.09. The molecule has 1 saturated heterocycles. The van der Waals surface area contributed by atoms with Gasteiger partial charge in [0.05, 0.1) is 0 Å². The van der Waals surface area contributed by atoms with Crippen LogP contribution in [0.4, 0.5) is 0 Å². The standard InChI is InChI=1S/C9H19N/c1-7(2)9-5-8(3)6-10(9)4/h7-9H,5-6H2,1-4H3/t8-,9-/m0/s1. The third-order valence-electron chi connectivity index (χ3n) is 2.58. The Bertz CT molecular complexity index is 109. The lowest BCUT2D eigenvalue weighted by Crippen LogP contribution is -2.29. The fourth-order valence-corrected chi connectivity index (χ4v) is 2.07. The lowest BCUT2D eigenvalue weighted by Gasteiger charge is -2.22. The number of likely N-dealkylation sites (tertiary alicyclic amines) is 1. The predicted octanol–water partition coefficient (Wildman–Crippen LogP) is 1.98. The van der Waals surface area contributed by atoms with E-state index in [9.17, 15) is 0 Å². The molecule has 2 atom stereocenters. The first-order valence-corrected chi connectivity index (χ1v) is 4.31. The van der Waals surface area contributed by atoms with Gasteiger partial charge in [-0.25, -0.2) is 0 Å². The average molecular weight is 141 g/mol. The third kappa shape index (κ3) is 1.51. The zero-order valence-electron chi connectivity index (χ0n) is 7.59. The van der Waals surface area contributed by atoms with Gasteiger partial charge < -0.3 is 4.90 Å². The van der Waals surface area contributed by atoms with E-state index in [2.05, 4.69) is 32.7 Å². The van der Waals surface area contributed by atoms with Gasteiger partial charge in [0.2, 0.25) is 0 Å². The molecule has 0 amide bonds. The summed E-state index contributed by atoms with van der Waals surface area (Å²) in [4.78, 5) is 2.50. The van der Waals surface area contributed by atoms with E-state index in [1.54, 1.807) is 0 Å². The Morgan fingerprint density at radius 1 is 1.40 bits per heavy atom. The summed E-state index contributed by atoms with van der Waals surface area (Å²) in [5.41, 5.74) is 0. The minimum absolute atomic E-state index is 0.829. The van der Waals surface area contributed by atoms with Crippen LogP contribution in [0.15, 0.2) is 0 Å². The van der Waals surface area contributed by atoms with E-state index in [-0.39, 0.29) is 0 Å². The van der Waals surface area contributed by atoms with Gasteiger partial charge in [-0.3, -0.25) is 0 Å². The molecule has 10 heavy (non-hydrogen) atoms. The van der Waals surface area contributed by atoms with E-state index in [1.165, 1.54) is 13.0 Å². The van der Waals surface area contributed by atoms with E-state index < -0.39 is 0 Å². The quantitative estimate of drug-likeness (QED) is 0.539. The van der Waals surface area contributed by atoms with Gasteiger partial charge in [0, 0.05) is 12.6 Å². The third-order valence-corrected chi connectivity index (χ3v) is 2.58. The van der Waals surface area contributed by atoms with E-state index >= 15 is 0 Å². The molecule has 1 fully saturated rings. The Morgan fingerprint density at radius 2 is 2.00 bits per heavy atom. The highest BCUT2D eigenvalue weighted by Crippen LogP contribution is 2.25. The van der Waals surface area contributed by atoms with Crippen molar-refractivity contribution in [3.05, 3.63) is 0 Å². The van der Waals surface area contributed by atoms with Gasteiger partial charge in [-0.1, -0.05) is 20.8 Å². The van der Waals surface area contributed by atoms with Crippen molar-refractivity contribution < 1.29 is 0 Å². The van der Waals surface area contributed by atoms with E-state index in [0.29, 0.717) is 0 Å². The first-order valence-electron chi connectivity index (χ1n) is 4.31. The van der Waals surface area contributed by atoms with Crippen LogP contribution in [0.2, 0.25) is 0 Å². The Labute approximate surface area is 64.4 Å². The van der Waals surface area contributed by atoms with Crippen LogP contribution in [-0.4, -0.2) is 24.5 Å². The molecule has 0 saturated carbocycles. The van der Waals surface area contributed by atoms with Crippen LogP contribution >= 0.6 is 0 Å². The van der Waals surface area contributed by atoms with Gasteiger partial charge in [-0.15, -0.1) is 0 Å². The Balaban J connectivity index is 2.46. The molecule has 1 aliphatic heterocycles. The first kappa shape index (κ1) is 8.06. The maximum atomic E-state index is 2.50. The zero-order valence-corrected chi connectivity index (χ0v) is 7.59. The first-order chi connectivity index (χ1) is 4.61. The molecule has 0 aromatic heterocycles. The highest BCUT2D eigenvalue weighted by Gasteiger charge is 2.28. The minimum atomic E-state index is 0.829. The molecule has 0 N–H and O–H groups in total. The second-order valence-electron chi connectivity index (χ2n) is 4.09. The van der Waals surface area contributed by atoms with Crippen molar-refractivity contribution in [1.82, 2.24) is 4.90 Å². The molecule has 0 aromatic rings. The number of rotatable bonds is 1. The number of nitrogens with zero attached hydrogens (tertiary/aromatic N) is 1. The van der Waals surface area contributed by atoms with Crippen molar-refractivity contribution in [2.24, 2.45) is 11.8 Å². The molecule has 0 spiro atoms. The van der Waals surface area contributed by atoms with Crippen molar-refractivity contribution in [3.63, 3.8) is 0 Å². The van der Waals surface area contributed by atoms with Crippen LogP contribution in [0.5, 0.6) is 0 Å². The number of hydrogen-bond acceptors (Lipinski definition) is 1. The molecule has 1 aliphatic rings. The molecular formula is C9H19N. The Kier molecular flexibility index (Phi) is 2.35. The van der Waals surface area contributed by atoms with Crippen LogP contribution in [0, 0.1) is 11.8 Å². The van der Waals surface area contributed by atoms with Crippen LogP contribution in [0.25, 0.3) is 0 Å². The minimum Gasteiger partial charge on any atom is -0.303 e. The molecule has 0 aliphatic carbocycles. The fraction of sp³-hybridized carbons (Fsp3) is 1.00. The predicted molar refractivity (Wildman–Crippen MR) is 45.0 cm³/mol. The SMILES string of the molecule is CC(C)[C@@H]1C[C@H](C)CN1C. The van der Waals surface area contributed by atoms with Crippen molar-refractivity contribution in [3.8, 4) is 0 Å². The smallest absolute Gasteiger partial charge is 0.0118 e. The summed E-state index contributed by atoms with van der Waals surface area (Å²) in [5.74, 6) is 1.74. The maximum Gasteiger partial charge on any atom is 0.0118 e. The van der Waals surface area contributed by atoms with Crippen LogP contribution in [-0.2, 0) is 0 Å². The van der Waals surface area contributed by atoms with Gasteiger partial charge in [-0.2, -0.15) is 0 Å². The van der Waals surface area contributed by atoms with Crippen molar-refractivity contribution in [1.29, 1.82) is 0 Å². The van der Waals surface area contributed by atoms with Crippen LogP contribution < -0.4 is 0 Å². The fourth-order valence-electron chi connectivity index (χ4n) is 2.07. The lowest BCUT2D eigenvalue weighted by molar-refractivity contribution is 0.250. The van der Waals surface area contributed by atoms with Gasteiger partial charge in [-0.05, 0) is 25.3 Å². The summed E-state index contributed by atoms with van der Waals surface area (Å²) >= 11 is 0. The van der Waals surface area contributed by atoms with Gasteiger partial charge in [0.1, 0.15) is 0 Å². The topological polar surface area (TPSA) is 3.24 Å². The molecule has 0 aromatic carbocycles. The summed E-state index contributed by atoms with van der Waals surface area (Å²) in [7, 11) is 2.24. The molecule has 0 unspecified atom stereocenters.